The van der Waals surface area contributed by atoms with E-state index in [1.165, 1.54) is 23.1 Å². The highest BCUT2D eigenvalue weighted by Gasteiger charge is 2.70. The molecule has 0 aromatic heterocycles. The molecule has 0 radical (unpaired) electrons. The molecule has 0 bridgehead atoms. The number of likely N-dealkylation sites (tertiary alicyclic amines) is 1. The van der Waals surface area contributed by atoms with Crippen LogP contribution in [0.4, 0.5) is 10.1 Å². The molecule has 4 atom stereocenters. The molecule has 3 aliphatic rings. The second-order valence-electron chi connectivity index (χ2n) is 10.1. The van der Waals surface area contributed by atoms with Crippen molar-refractivity contribution in [3.8, 4) is 11.5 Å². The number of methoxy groups -OCH3 is 2. The lowest BCUT2D eigenvalue weighted by Gasteiger charge is -2.30. The predicted molar refractivity (Wildman–Crippen MR) is 130 cm³/mol. The van der Waals surface area contributed by atoms with Gasteiger partial charge in [0.15, 0.2) is 11.5 Å². The standard InChI is InChI=1S/C27H30FN3O5/c1-14(2)11-19-22-23(27(30-19)17-13-16(28)6-7-18(17)29-26(27)34)25(33)31(24(22)32)10-9-15-5-8-20(35-3)21(12-15)36-4/h5-8,12-14,19,22-23,30H,9-11H2,1-4H3,(H,29,34)/t19-,22-,23+,27+/m1/s1. The van der Waals surface area contributed by atoms with Crippen molar-refractivity contribution in [1.29, 1.82) is 0 Å². The number of carbonyl (C=O) groups excluding carboxylic acids is 3. The Kier molecular flexibility index (Phi) is 5.98. The molecule has 0 aliphatic carbocycles. The molecule has 9 heteroatoms. The average molecular weight is 496 g/mol. The predicted octanol–water partition coefficient (Wildman–Crippen LogP) is 2.85. The lowest BCUT2D eigenvalue weighted by Crippen LogP contribution is -2.53. The summed E-state index contributed by atoms with van der Waals surface area (Å²) < 4.78 is 25.0. The Hall–Kier alpha value is -3.46. The van der Waals surface area contributed by atoms with E-state index in [2.05, 4.69) is 10.6 Å². The fourth-order valence-corrected chi connectivity index (χ4v) is 6.04. The molecule has 2 N–H and O–H groups in total. The minimum atomic E-state index is -1.48. The van der Waals surface area contributed by atoms with Crippen molar-refractivity contribution in [1.82, 2.24) is 10.2 Å². The Morgan fingerprint density at radius 3 is 2.47 bits per heavy atom. The average Bonchev–Trinajstić information content (AvgIpc) is 3.41. The summed E-state index contributed by atoms with van der Waals surface area (Å²) in [6.45, 7) is 4.22. The smallest absolute Gasteiger partial charge is 0.250 e. The van der Waals surface area contributed by atoms with Crippen LogP contribution in [0.15, 0.2) is 36.4 Å². The summed E-state index contributed by atoms with van der Waals surface area (Å²) >= 11 is 0. The third-order valence-corrected chi connectivity index (χ3v) is 7.57. The van der Waals surface area contributed by atoms with Crippen molar-refractivity contribution in [3.63, 3.8) is 0 Å². The molecule has 8 nitrogen and oxygen atoms in total. The Bertz CT molecular complexity index is 1250. The maximum Gasteiger partial charge on any atom is 0.250 e. The van der Waals surface area contributed by atoms with Crippen molar-refractivity contribution in [2.75, 3.05) is 26.1 Å². The van der Waals surface area contributed by atoms with Crippen molar-refractivity contribution in [2.24, 2.45) is 17.8 Å². The van der Waals surface area contributed by atoms with Crippen LogP contribution in [0.1, 0.15) is 31.4 Å². The molecule has 2 saturated heterocycles. The molecule has 0 unspecified atom stereocenters. The van der Waals surface area contributed by atoms with Gasteiger partial charge in [0.1, 0.15) is 11.4 Å². The van der Waals surface area contributed by atoms with Crippen LogP contribution >= 0.6 is 0 Å². The molecule has 190 valence electrons. The van der Waals surface area contributed by atoms with E-state index < -0.39 is 41.0 Å². The number of ether oxygens (including phenoxy) is 2. The number of hydrogen-bond acceptors (Lipinski definition) is 6. The molecule has 3 amide bonds. The Labute approximate surface area is 209 Å². The number of halogens is 1. The first-order valence-corrected chi connectivity index (χ1v) is 12.2. The second kappa shape index (κ2) is 8.89. The van der Waals surface area contributed by atoms with Gasteiger partial charge in [-0.3, -0.25) is 24.6 Å². The molecule has 2 fully saturated rings. The number of imide groups is 1. The molecule has 36 heavy (non-hydrogen) atoms. The van der Waals surface area contributed by atoms with E-state index in [0.29, 0.717) is 35.6 Å². The van der Waals surface area contributed by atoms with Gasteiger partial charge in [-0.1, -0.05) is 19.9 Å². The molecule has 3 aliphatic heterocycles. The van der Waals surface area contributed by atoms with E-state index >= 15 is 0 Å². The van der Waals surface area contributed by atoms with Crippen molar-refractivity contribution in [3.05, 3.63) is 53.3 Å². The number of nitrogens with zero attached hydrogens (tertiary/aromatic N) is 1. The first kappa shape index (κ1) is 24.2. The van der Waals surface area contributed by atoms with Crippen molar-refractivity contribution >= 4 is 23.4 Å². The van der Waals surface area contributed by atoms with E-state index in [9.17, 15) is 18.8 Å². The van der Waals surface area contributed by atoms with E-state index in [0.717, 1.165) is 5.56 Å². The number of amides is 3. The zero-order chi connectivity index (χ0) is 25.8. The van der Waals surface area contributed by atoms with Gasteiger partial charge in [0.05, 0.1) is 26.1 Å². The highest BCUT2D eigenvalue weighted by molar-refractivity contribution is 6.15. The van der Waals surface area contributed by atoms with Gasteiger partial charge in [0, 0.05) is 23.8 Å². The summed E-state index contributed by atoms with van der Waals surface area (Å²) in [7, 11) is 3.10. The van der Waals surface area contributed by atoms with Gasteiger partial charge < -0.3 is 14.8 Å². The van der Waals surface area contributed by atoms with Crippen LogP contribution in [0.25, 0.3) is 0 Å². The maximum absolute atomic E-state index is 14.3. The van der Waals surface area contributed by atoms with Gasteiger partial charge in [0.2, 0.25) is 17.7 Å². The number of anilines is 1. The fraction of sp³-hybridized carbons (Fsp3) is 0.444. The number of rotatable bonds is 7. The summed E-state index contributed by atoms with van der Waals surface area (Å²) in [6.07, 6.45) is 1.02. The van der Waals surface area contributed by atoms with E-state index in [4.69, 9.17) is 9.47 Å². The SMILES string of the molecule is COc1ccc(CCN2C(=O)[C@H]3[C@@H](C2=O)[C@]2(N[C@@H]3CC(C)C)C(=O)Nc3ccc(F)cc32)cc1OC. The zero-order valence-electron chi connectivity index (χ0n) is 20.8. The quantitative estimate of drug-likeness (QED) is 0.574. The van der Waals surface area contributed by atoms with E-state index in [1.54, 1.807) is 20.3 Å². The minimum Gasteiger partial charge on any atom is -0.493 e. The first-order valence-electron chi connectivity index (χ1n) is 12.2. The maximum atomic E-state index is 14.3. The lowest BCUT2D eigenvalue weighted by atomic mass is 9.76. The van der Waals surface area contributed by atoms with Crippen molar-refractivity contribution < 1.29 is 28.2 Å². The van der Waals surface area contributed by atoms with Crippen LogP contribution in [0, 0.1) is 23.6 Å². The Balaban J connectivity index is 1.49. The summed E-state index contributed by atoms with van der Waals surface area (Å²) in [5.41, 5.74) is 0.244. The van der Waals surface area contributed by atoms with Crippen LogP contribution in [0.5, 0.6) is 11.5 Å². The summed E-state index contributed by atoms with van der Waals surface area (Å²) in [5.74, 6) is -1.90. The Morgan fingerprint density at radius 1 is 1.03 bits per heavy atom. The lowest BCUT2D eigenvalue weighted by molar-refractivity contribution is -0.142. The normalized spacial score (nSPS) is 26.6. The number of benzene rings is 2. The van der Waals surface area contributed by atoms with Crippen LogP contribution in [0.2, 0.25) is 0 Å². The molecule has 5 rings (SSSR count). The van der Waals surface area contributed by atoms with Gasteiger partial charge in [-0.2, -0.15) is 0 Å². The van der Waals surface area contributed by atoms with Crippen LogP contribution in [-0.2, 0) is 26.3 Å². The fourth-order valence-electron chi connectivity index (χ4n) is 6.04. The highest BCUT2D eigenvalue weighted by Crippen LogP contribution is 2.53. The topological polar surface area (TPSA) is 97.0 Å². The molecule has 2 aromatic carbocycles. The summed E-state index contributed by atoms with van der Waals surface area (Å²) in [6, 6.07) is 9.13. The number of fused-ring (bicyclic) bond motifs is 4. The van der Waals surface area contributed by atoms with E-state index in [1.807, 2.05) is 26.0 Å². The number of hydrogen-bond donors (Lipinski definition) is 2. The van der Waals surface area contributed by atoms with Crippen LogP contribution in [0.3, 0.4) is 0 Å². The van der Waals surface area contributed by atoms with Gasteiger partial charge in [-0.05, 0) is 54.7 Å². The molecular formula is C27H30FN3O5. The first-order chi connectivity index (χ1) is 17.2. The summed E-state index contributed by atoms with van der Waals surface area (Å²) in [4.78, 5) is 42.2. The highest BCUT2D eigenvalue weighted by atomic mass is 19.1. The molecule has 2 aromatic rings. The third kappa shape index (κ3) is 3.56. The zero-order valence-corrected chi connectivity index (χ0v) is 20.8. The van der Waals surface area contributed by atoms with Gasteiger partial charge in [-0.25, -0.2) is 4.39 Å². The minimum absolute atomic E-state index is 0.169. The Morgan fingerprint density at radius 2 is 1.78 bits per heavy atom. The van der Waals surface area contributed by atoms with E-state index in [-0.39, 0.29) is 18.4 Å². The van der Waals surface area contributed by atoms with Gasteiger partial charge in [0.25, 0.3) is 0 Å². The summed E-state index contributed by atoms with van der Waals surface area (Å²) in [5, 5.41) is 6.14. The van der Waals surface area contributed by atoms with Crippen LogP contribution < -0.4 is 20.1 Å². The second-order valence-corrected chi connectivity index (χ2v) is 10.1. The van der Waals surface area contributed by atoms with Gasteiger partial charge >= 0.3 is 0 Å². The molecule has 0 saturated carbocycles. The van der Waals surface area contributed by atoms with Crippen LogP contribution in [-0.4, -0.2) is 49.4 Å². The molecule has 1 spiro atoms. The van der Waals surface area contributed by atoms with Gasteiger partial charge in [-0.15, -0.1) is 0 Å². The number of carbonyl (C=O) groups is 3. The number of nitrogens with one attached hydrogen (secondary N) is 2. The largest absolute Gasteiger partial charge is 0.493 e. The molecular weight excluding hydrogens is 465 g/mol. The molecule has 3 heterocycles. The van der Waals surface area contributed by atoms with Crippen molar-refractivity contribution in [2.45, 2.75) is 38.3 Å². The third-order valence-electron chi connectivity index (χ3n) is 7.57. The monoisotopic (exact) mass is 495 g/mol.